The fourth-order valence-electron chi connectivity index (χ4n) is 3.38. The van der Waals surface area contributed by atoms with Gasteiger partial charge in [-0.05, 0) is 38.3 Å². The summed E-state index contributed by atoms with van der Waals surface area (Å²) >= 11 is 0. The predicted molar refractivity (Wildman–Crippen MR) is 116 cm³/mol. The zero-order chi connectivity index (χ0) is 22.1. The molecule has 1 saturated heterocycles. The number of carbonyl (C=O) groups is 1. The lowest BCUT2D eigenvalue weighted by atomic mass is 10.1. The zero-order valence-corrected chi connectivity index (χ0v) is 17.3. The van der Waals surface area contributed by atoms with Gasteiger partial charge in [-0.1, -0.05) is 18.2 Å². The summed E-state index contributed by atoms with van der Waals surface area (Å²) in [5, 5.41) is 22.9. The maximum atomic E-state index is 13.1. The minimum Gasteiger partial charge on any atom is -0.487 e. The van der Waals surface area contributed by atoms with E-state index in [-0.39, 0.29) is 24.2 Å². The number of amides is 1. The molecular weight excluding hydrogens is 394 g/mol. The number of hydrogen-bond acceptors (Lipinski definition) is 7. The molecule has 1 aromatic heterocycles. The third kappa shape index (κ3) is 6.23. The average molecular weight is 422 g/mol. The highest BCUT2D eigenvalue weighted by molar-refractivity contribution is 6.06. The monoisotopic (exact) mass is 421 g/mol. The smallest absolute Gasteiger partial charge is 0.242 e. The van der Waals surface area contributed by atoms with Crippen LogP contribution in [0.4, 0.5) is 0 Å². The van der Waals surface area contributed by atoms with Crippen molar-refractivity contribution in [1.29, 1.82) is 10.7 Å². The van der Waals surface area contributed by atoms with E-state index in [0.29, 0.717) is 17.0 Å². The first kappa shape index (κ1) is 22.2. The standard InChI is InChI=1S/C22H27N7O2/c23-10-9-15-12-27-21(28-13-15)19(20(24)25)22(30)29-17-7-3-1-2-4-8-18(17)31-16-6-5-11-26-14-16/h2,4,7-8,12-13,16,19,26H,1,3,5-6,9,11,14H2,(H3,24,25)(H,29,30)/b4-2?,17-7?,18-8+. The number of nitriles is 1. The Morgan fingerprint density at radius 1 is 1.42 bits per heavy atom. The van der Waals surface area contributed by atoms with Crippen LogP contribution in [0.25, 0.3) is 0 Å². The zero-order valence-electron chi connectivity index (χ0n) is 17.3. The summed E-state index contributed by atoms with van der Waals surface area (Å²) in [6.07, 6.45) is 14.4. The van der Waals surface area contributed by atoms with Gasteiger partial charge in [0.1, 0.15) is 23.5 Å². The third-order valence-electron chi connectivity index (χ3n) is 4.97. The van der Waals surface area contributed by atoms with Crippen LogP contribution in [0.2, 0.25) is 0 Å². The van der Waals surface area contributed by atoms with Crippen LogP contribution in [0.5, 0.6) is 0 Å². The summed E-state index contributed by atoms with van der Waals surface area (Å²) in [4.78, 5) is 21.4. The summed E-state index contributed by atoms with van der Waals surface area (Å²) in [5.74, 6) is -1.32. The number of amidine groups is 1. The topological polar surface area (TPSA) is 150 Å². The maximum Gasteiger partial charge on any atom is 0.242 e. The minimum absolute atomic E-state index is 0.0211. The van der Waals surface area contributed by atoms with Crippen LogP contribution in [0.3, 0.4) is 0 Å². The molecule has 1 aliphatic heterocycles. The van der Waals surface area contributed by atoms with Gasteiger partial charge in [0.25, 0.3) is 0 Å². The fraction of sp³-hybridized carbons (Fsp3) is 0.409. The Kier molecular flexibility index (Phi) is 7.90. The van der Waals surface area contributed by atoms with Crippen molar-refractivity contribution in [3.05, 3.63) is 59.5 Å². The van der Waals surface area contributed by atoms with Crippen molar-refractivity contribution in [1.82, 2.24) is 20.6 Å². The van der Waals surface area contributed by atoms with Crippen molar-refractivity contribution in [3.8, 4) is 6.07 Å². The Labute approximate surface area is 181 Å². The number of hydrogen-bond donors (Lipinski definition) is 4. The molecule has 0 spiro atoms. The van der Waals surface area contributed by atoms with Gasteiger partial charge in [-0.25, -0.2) is 9.97 Å². The second-order valence-electron chi connectivity index (χ2n) is 7.40. The number of rotatable bonds is 7. The number of nitrogens with one attached hydrogen (secondary N) is 3. The Bertz CT molecular complexity index is 922. The van der Waals surface area contributed by atoms with Gasteiger partial charge in [0, 0.05) is 24.5 Å². The molecule has 3 rings (SSSR count). The molecule has 162 valence electrons. The molecule has 1 aromatic rings. The second-order valence-corrected chi connectivity index (χ2v) is 7.40. The van der Waals surface area contributed by atoms with E-state index >= 15 is 0 Å². The van der Waals surface area contributed by atoms with E-state index in [2.05, 4.69) is 20.6 Å². The molecule has 2 unspecified atom stereocenters. The Morgan fingerprint density at radius 2 is 2.23 bits per heavy atom. The third-order valence-corrected chi connectivity index (χ3v) is 4.97. The van der Waals surface area contributed by atoms with Gasteiger partial charge >= 0.3 is 0 Å². The highest BCUT2D eigenvalue weighted by Gasteiger charge is 2.28. The molecule has 9 nitrogen and oxygen atoms in total. The SMILES string of the molecule is N#CCc1cnc(C(C(=N)N)C(=O)NC2=CCCC=C/C=C\2OC2CCCNC2)nc1. The number of carbonyl (C=O) groups excluding carboxylic acids is 1. The molecule has 31 heavy (non-hydrogen) atoms. The first-order valence-electron chi connectivity index (χ1n) is 10.4. The van der Waals surface area contributed by atoms with E-state index in [4.69, 9.17) is 21.1 Å². The van der Waals surface area contributed by atoms with Gasteiger partial charge in [0.05, 0.1) is 18.2 Å². The van der Waals surface area contributed by atoms with Crippen molar-refractivity contribution in [2.75, 3.05) is 13.1 Å². The minimum atomic E-state index is -1.14. The second kappa shape index (κ2) is 11.0. The van der Waals surface area contributed by atoms with E-state index in [1.165, 1.54) is 12.4 Å². The van der Waals surface area contributed by atoms with Crippen molar-refractivity contribution in [2.45, 2.75) is 44.1 Å². The van der Waals surface area contributed by atoms with E-state index in [1.54, 1.807) is 0 Å². The molecule has 5 N–H and O–H groups in total. The van der Waals surface area contributed by atoms with E-state index in [1.807, 2.05) is 30.4 Å². The average Bonchev–Trinajstić information content (AvgIpc) is 2.75. The first-order valence-corrected chi connectivity index (χ1v) is 10.4. The van der Waals surface area contributed by atoms with E-state index in [9.17, 15) is 4.79 Å². The van der Waals surface area contributed by atoms with E-state index < -0.39 is 11.8 Å². The van der Waals surface area contributed by atoms with Crippen molar-refractivity contribution >= 4 is 11.7 Å². The maximum absolute atomic E-state index is 13.1. The van der Waals surface area contributed by atoms with Crippen LogP contribution >= 0.6 is 0 Å². The molecule has 0 saturated carbocycles. The largest absolute Gasteiger partial charge is 0.487 e. The van der Waals surface area contributed by atoms with Gasteiger partial charge in [0.2, 0.25) is 5.91 Å². The lowest BCUT2D eigenvalue weighted by molar-refractivity contribution is -0.120. The van der Waals surface area contributed by atoms with Crippen LogP contribution in [0.1, 0.15) is 43.0 Å². The first-order chi connectivity index (χ1) is 15.1. The van der Waals surface area contributed by atoms with Gasteiger partial charge < -0.3 is 21.1 Å². The summed E-state index contributed by atoms with van der Waals surface area (Å²) in [6.45, 7) is 1.73. The van der Waals surface area contributed by atoms with Gasteiger partial charge in [-0.15, -0.1) is 0 Å². The highest BCUT2D eigenvalue weighted by atomic mass is 16.5. The normalized spacial score (nSPS) is 21.3. The number of aromatic nitrogens is 2. The molecule has 2 atom stereocenters. The summed E-state index contributed by atoms with van der Waals surface area (Å²) in [6, 6.07) is 2.02. The summed E-state index contributed by atoms with van der Waals surface area (Å²) in [5.41, 5.74) is 6.89. The molecule has 0 aromatic carbocycles. The van der Waals surface area contributed by atoms with Crippen molar-refractivity contribution in [2.24, 2.45) is 5.73 Å². The molecule has 0 radical (unpaired) electrons. The lowest BCUT2D eigenvalue weighted by Gasteiger charge is -2.27. The van der Waals surface area contributed by atoms with Crippen molar-refractivity contribution < 1.29 is 9.53 Å². The number of allylic oxidation sites excluding steroid dienone is 4. The Hall–Kier alpha value is -3.51. The predicted octanol–water partition coefficient (Wildman–Crippen LogP) is 1.56. The summed E-state index contributed by atoms with van der Waals surface area (Å²) < 4.78 is 6.19. The van der Waals surface area contributed by atoms with Crippen LogP contribution in [-0.2, 0) is 16.0 Å². The molecule has 2 aliphatic rings. The van der Waals surface area contributed by atoms with Crippen LogP contribution in [0, 0.1) is 16.7 Å². The Balaban J connectivity index is 1.78. The van der Waals surface area contributed by atoms with Gasteiger partial charge in [-0.2, -0.15) is 5.26 Å². The van der Waals surface area contributed by atoms with Crippen LogP contribution in [0.15, 0.2) is 48.2 Å². The number of piperidine rings is 1. The number of nitrogens with two attached hydrogens (primary N) is 1. The molecule has 0 bridgehead atoms. The van der Waals surface area contributed by atoms with E-state index in [0.717, 1.165) is 38.8 Å². The van der Waals surface area contributed by atoms with Crippen LogP contribution < -0.4 is 16.4 Å². The molecule has 1 fully saturated rings. The van der Waals surface area contributed by atoms with Gasteiger partial charge in [0.15, 0.2) is 5.92 Å². The summed E-state index contributed by atoms with van der Waals surface area (Å²) in [7, 11) is 0. The molecular formula is C22H27N7O2. The fourth-order valence-corrected chi connectivity index (χ4v) is 3.38. The molecule has 1 aliphatic carbocycles. The number of nitrogens with zero attached hydrogens (tertiary/aromatic N) is 3. The molecule has 2 heterocycles. The van der Waals surface area contributed by atoms with Gasteiger partial charge in [-0.3, -0.25) is 10.2 Å². The highest BCUT2D eigenvalue weighted by Crippen LogP contribution is 2.21. The molecule has 9 heteroatoms. The van der Waals surface area contributed by atoms with Crippen molar-refractivity contribution in [3.63, 3.8) is 0 Å². The van der Waals surface area contributed by atoms with Crippen LogP contribution in [-0.4, -0.2) is 40.9 Å². The quantitative estimate of drug-likeness (QED) is 0.385. The lowest BCUT2D eigenvalue weighted by Crippen LogP contribution is -2.39. The molecule has 1 amide bonds. The Morgan fingerprint density at radius 3 is 2.90 bits per heavy atom. The number of ether oxygens (including phenoxy) is 1.